The fourth-order valence-corrected chi connectivity index (χ4v) is 5.31. The quantitative estimate of drug-likeness (QED) is 0.610. The number of likely N-dealkylation sites (N-methyl/N-ethyl adjacent to an activating group) is 1. The lowest BCUT2D eigenvalue weighted by Crippen LogP contribution is -2.32. The molecule has 2 aromatic rings. The number of halogens is 2. The molecular formula is C27H39F2N5O3. The van der Waals surface area contributed by atoms with Gasteiger partial charge in [-0.05, 0) is 70.4 Å². The standard InChI is InChI=1S/C23H29F2N5O.C2H6O.C2H4O/c1-28-10-6-20-19(13-28)23(27-30(20)17-4-7-26-8-5-17)29-9-2-3-15-11-16(14-31)18(22(24)25)12-21(15)29;1-3-2;1-2-3/h11-12,14,17,22,26H,2-10,13H2,1H3;1-2H3;2H,1H3. The van der Waals surface area contributed by atoms with Crippen LogP contribution in [0.1, 0.15) is 71.4 Å². The zero-order valence-electron chi connectivity index (χ0n) is 22.3. The number of aldehydes is 2. The Morgan fingerprint density at radius 1 is 1.14 bits per heavy atom. The summed E-state index contributed by atoms with van der Waals surface area (Å²) in [6, 6.07) is 3.55. The normalized spacial score (nSPS) is 17.6. The van der Waals surface area contributed by atoms with E-state index in [1.807, 2.05) is 0 Å². The molecule has 8 nitrogen and oxygen atoms in total. The van der Waals surface area contributed by atoms with Crippen LogP contribution in [0.5, 0.6) is 0 Å². The first kappa shape index (κ1) is 28.9. The number of piperidine rings is 1. The van der Waals surface area contributed by atoms with Crippen molar-refractivity contribution in [2.75, 3.05) is 52.3 Å². The van der Waals surface area contributed by atoms with Gasteiger partial charge in [0, 0.05) is 68.3 Å². The number of nitrogens with one attached hydrogen (secondary N) is 1. The molecule has 0 bridgehead atoms. The number of hydrogen-bond donors (Lipinski definition) is 1. The molecule has 1 aromatic heterocycles. The van der Waals surface area contributed by atoms with Crippen molar-refractivity contribution >= 4 is 24.1 Å². The zero-order chi connectivity index (χ0) is 26.9. The second-order valence-electron chi connectivity index (χ2n) is 9.59. The van der Waals surface area contributed by atoms with Crippen molar-refractivity contribution in [1.82, 2.24) is 20.0 Å². The Labute approximate surface area is 217 Å². The zero-order valence-corrected chi connectivity index (χ0v) is 22.3. The Bertz CT molecular complexity index is 1050. The summed E-state index contributed by atoms with van der Waals surface area (Å²) in [5, 5.41) is 8.54. The Balaban J connectivity index is 0.000000580. The van der Waals surface area contributed by atoms with Crippen molar-refractivity contribution in [2.45, 2.75) is 58.0 Å². The van der Waals surface area contributed by atoms with Crippen molar-refractivity contribution in [3.05, 3.63) is 40.1 Å². The van der Waals surface area contributed by atoms with Gasteiger partial charge in [0.2, 0.25) is 0 Å². The molecule has 10 heteroatoms. The molecule has 5 rings (SSSR count). The van der Waals surface area contributed by atoms with Crippen LogP contribution in [0.15, 0.2) is 12.1 Å². The summed E-state index contributed by atoms with van der Waals surface area (Å²) in [7, 11) is 5.37. The average Bonchev–Trinajstić information content (AvgIpc) is 3.27. The fraction of sp³-hybridized carbons (Fsp3) is 0.593. The molecule has 37 heavy (non-hydrogen) atoms. The van der Waals surface area contributed by atoms with Crippen molar-refractivity contribution < 1.29 is 23.1 Å². The number of methoxy groups -OCH3 is 1. The molecule has 1 N–H and O–H groups in total. The van der Waals surface area contributed by atoms with Crippen LogP contribution < -0.4 is 10.2 Å². The molecule has 1 fully saturated rings. The molecule has 0 spiro atoms. The van der Waals surface area contributed by atoms with E-state index in [0.29, 0.717) is 12.3 Å². The van der Waals surface area contributed by atoms with E-state index >= 15 is 0 Å². The first-order chi connectivity index (χ1) is 17.9. The number of benzene rings is 1. The van der Waals surface area contributed by atoms with Crippen molar-refractivity contribution in [3.8, 4) is 0 Å². The summed E-state index contributed by atoms with van der Waals surface area (Å²) in [4.78, 5) is 24.6. The van der Waals surface area contributed by atoms with E-state index in [1.54, 1.807) is 20.3 Å². The molecule has 1 aromatic carbocycles. The molecule has 3 aliphatic rings. The van der Waals surface area contributed by atoms with Gasteiger partial charge in [-0.2, -0.15) is 5.10 Å². The number of nitrogens with zero attached hydrogens (tertiary/aromatic N) is 4. The van der Waals surface area contributed by atoms with Crippen LogP contribution in [0.3, 0.4) is 0 Å². The highest BCUT2D eigenvalue weighted by Crippen LogP contribution is 2.41. The van der Waals surface area contributed by atoms with Crippen molar-refractivity contribution in [1.29, 1.82) is 0 Å². The Morgan fingerprint density at radius 2 is 1.81 bits per heavy atom. The molecule has 204 valence electrons. The lowest BCUT2D eigenvalue weighted by atomic mass is 9.95. The minimum Gasteiger partial charge on any atom is -0.388 e. The topological polar surface area (TPSA) is 79.7 Å². The molecule has 0 atom stereocenters. The number of rotatable bonds is 4. The number of aryl methyl sites for hydroxylation is 1. The molecule has 1 saturated heterocycles. The van der Waals surface area contributed by atoms with Gasteiger partial charge in [0.05, 0.1) is 6.04 Å². The lowest BCUT2D eigenvalue weighted by Gasteiger charge is -2.32. The van der Waals surface area contributed by atoms with Crippen molar-refractivity contribution in [3.63, 3.8) is 0 Å². The third kappa shape index (κ3) is 6.61. The van der Waals surface area contributed by atoms with Gasteiger partial charge in [0.1, 0.15) is 6.29 Å². The predicted molar refractivity (Wildman–Crippen MR) is 140 cm³/mol. The van der Waals surface area contributed by atoms with Crippen molar-refractivity contribution in [2.24, 2.45) is 0 Å². The van der Waals surface area contributed by atoms with E-state index in [1.165, 1.54) is 24.2 Å². The molecule has 0 aliphatic carbocycles. The van der Waals surface area contributed by atoms with Gasteiger partial charge in [-0.1, -0.05) is 0 Å². The number of alkyl halides is 2. The maximum Gasteiger partial charge on any atom is 0.264 e. The van der Waals surface area contributed by atoms with Gasteiger partial charge >= 0.3 is 0 Å². The third-order valence-corrected chi connectivity index (χ3v) is 6.93. The maximum absolute atomic E-state index is 13.7. The number of anilines is 2. The average molecular weight is 520 g/mol. The minimum atomic E-state index is -2.68. The van der Waals surface area contributed by atoms with E-state index < -0.39 is 6.43 Å². The van der Waals surface area contributed by atoms with Gasteiger partial charge in [0.15, 0.2) is 12.1 Å². The summed E-state index contributed by atoms with van der Waals surface area (Å²) in [5.74, 6) is 0.903. The Morgan fingerprint density at radius 3 is 2.43 bits per heavy atom. The van der Waals surface area contributed by atoms with E-state index in [4.69, 9.17) is 9.89 Å². The summed E-state index contributed by atoms with van der Waals surface area (Å²) in [6.45, 7) is 5.99. The fourth-order valence-electron chi connectivity index (χ4n) is 5.31. The number of ether oxygens (including phenoxy) is 1. The number of carbonyl (C=O) groups excluding carboxylic acids is 2. The highest BCUT2D eigenvalue weighted by molar-refractivity contribution is 5.81. The summed E-state index contributed by atoms with van der Waals surface area (Å²) >= 11 is 0. The summed E-state index contributed by atoms with van der Waals surface area (Å²) in [5.41, 5.74) is 4.15. The molecule has 0 unspecified atom stereocenters. The Kier molecular flexibility index (Phi) is 10.7. The molecule has 3 aliphatic heterocycles. The second kappa shape index (κ2) is 13.7. The summed E-state index contributed by atoms with van der Waals surface area (Å²) in [6.07, 6.45) is 3.37. The monoisotopic (exact) mass is 519 g/mol. The van der Waals surface area contributed by atoms with Gasteiger partial charge in [-0.15, -0.1) is 0 Å². The second-order valence-corrected chi connectivity index (χ2v) is 9.59. The first-order valence-corrected chi connectivity index (χ1v) is 12.9. The third-order valence-electron chi connectivity index (χ3n) is 6.93. The van der Waals surface area contributed by atoms with E-state index in [2.05, 4.69) is 31.6 Å². The van der Waals surface area contributed by atoms with Gasteiger partial charge in [-0.25, -0.2) is 8.78 Å². The molecular weight excluding hydrogens is 480 g/mol. The molecule has 0 amide bonds. The van der Waals surface area contributed by atoms with E-state index in [0.717, 1.165) is 88.2 Å². The van der Waals surface area contributed by atoms with Crippen LogP contribution in [0.25, 0.3) is 0 Å². The van der Waals surface area contributed by atoms with Crippen LogP contribution in [-0.4, -0.2) is 74.7 Å². The highest BCUT2D eigenvalue weighted by Gasteiger charge is 2.32. The van der Waals surface area contributed by atoms with E-state index in [9.17, 15) is 13.6 Å². The number of hydrogen-bond acceptors (Lipinski definition) is 7. The SMILES string of the molecule is CC=O.CN1CCc2c(c(N3CCCc4cc(C=O)c(C(F)F)cc43)nn2C2CCNCC2)C1.COC. The largest absolute Gasteiger partial charge is 0.388 e. The number of fused-ring (bicyclic) bond motifs is 2. The maximum atomic E-state index is 13.7. The molecule has 4 heterocycles. The Hall–Kier alpha value is -2.69. The van der Waals surface area contributed by atoms with Crippen LogP contribution >= 0.6 is 0 Å². The molecule has 0 radical (unpaired) electrons. The van der Waals surface area contributed by atoms with Gasteiger partial charge in [0.25, 0.3) is 6.43 Å². The van der Waals surface area contributed by atoms with Crippen LogP contribution in [0.4, 0.5) is 20.3 Å². The van der Waals surface area contributed by atoms with Crippen LogP contribution in [-0.2, 0) is 28.9 Å². The van der Waals surface area contributed by atoms with Crippen LogP contribution in [0.2, 0.25) is 0 Å². The molecule has 0 saturated carbocycles. The van der Waals surface area contributed by atoms with E-state index in [-0.39, 0.29) is 11.1 Å². The van der Waals surface area contributed by atoms with Gasteiger partial charge < -0.3 is 24.6 Å². The lowest BCUT2D eigenvalue weighted by molar-refractivity contribution is -0.106. The number of aromatic nitrogens is 2. The van der Waals surface area contributed by atoms with Crippen LogP contribution in [0, 0.1) is 0 Å². The number of carbonyl (C=O) groups is 2. The minimum absolute atomic E-state index is 0.0950. The van der Waals surface area contributed by atoms with Gasteiger partial charge in [-0.3, -0.25) is 9.48 Å². The summed E-state index contributed by atoms with van der Waals surface area (Å²) < 4.78 is 33.8. The predicted octanol–water partition coefficient (Wildman–Crippen LogP) is 4.10. The smallest absolute Gasteiger partial charge is 0.264 e. The first-order valence-electron chi connectivity index (χ1n) is 12.9. The highest BCUT2D eigenvalue weighted by atomic mass is 19.3.